The van der Waals surface area contributed by atoms with Crippen LogP contribution in [0.3, 0.4) is 0 Å². The standard InChI is InChI=1S/C17H11F2N3O2/c18-9-5-6-11(10(19)7-9)21-17(24)15-14(23)8-22-13-4-2-1-3-12(13)20-16(15)22/h1-7,23H,8H2,(H,21,24). The smallest absolute Gasteiger partial charge is 0.263 e. The maximum Gasteiger partial charge on any atom is 0.263 e. The van der Waals surface area contributed by atoms with Crippen LogP contribution in [-0.4, -0.2) is 20.6 Å². The van der Waals surface area contributed by atoms with Crippen LogP contribution < -0.4 is 5.32 Å². The van der Waals surface area contributed by atoms with Crippen LogP contribution in [0.1, 0.15) is 5.82 Å². The fraction of sp³-hybridized carbons (Fsp3) is 0.0588. The van der Waals surface area contributed by atoms with Crippen LogP contribution in [0.15, 0.2) is 48.2 Å². The van der Waals surface area contributed by atoms with E-state index in [0.29, 0.717) is 17.4 Å². The molecule has 0 unspecified atom stereocenters. The summed E-state index contributed by atoms with van der Waals surface area (Å²) in [5.74, 6) is -2.17. The van der Waals surface area contributed by atoms with Gasteiger partial charge in [-0.15, -0.1) is 0 Å². The van der Waals surface area contributed by atoms with Crippen LogP contribution in [0.2, 0.25) is 0 Å². The summed E-state index contributed by atoms with van der Waals surface area (Å²) >= 11 is 0. The number of amides is 1. The van der Waals surface area contributed by atoms with Crippen molar-refractivity contribution >= 4 is 28.2 Å². The molecule has 0 saturated carbocycles. The molecule has 4 rings (SSSR count). The van der Waals surface area contributed by atoms with E-state index in [-0.39, 0.29) is 23.6 Å². The molecule has 2 N–H and O–H groups in total. The van der Waals surface area contributed by atoms with Crippen LogP contribution in [0.5, 0.6) is 0 Å². The van der Waals surface area contributed by atoms with Gasteiger partial charge in [0.25, 0.3) is 5.91 Å². The molecule has 0 radical (unpaired) electrons. The Morgan fingerprint density at radius 2 is 2.00 bits per heavy atom. The van der Waals surface area contributed by atoms with Crippen molar-refractivity contribution in [3.63, 3.8) is 0 Å². The zero-order valence-corrected chi connectivity index (χ0v) is 12.3. The van der Waals surface area contributed by atoms with Gasteiger partial charge in [-0.05, 0) is 24.3 Å². The summed E-state index contributed by atoms with van der Waals surface area (Å²) in [4.78, 5) is 16.8. The monoisotopic (exact) mass is 327 g/mol. The fourth-order valence-electron chi connectivity index (χ4n) is 2.79. The van der Waals surface area contributed by atoms with Crippen molar-refractivity contribution < 1.29 is 18.7 Å². The summed E-state index contributed by atoms with van der Waals surface area (Å²) in [6, 6.07) is 10.1. The third-order valence-electron chi connectivity index (χ3n) is 3.88. The van der Waals surface area contributed by atoms with Gasteiger partial charge in [0.15, 0.2) is 5.82 Å². The van der Waals surface area contributed by atoms with Gasteiger partial charge < -0.3 is 15.0 Å². The first-order chi connectivity index (χ1) is 11.5. The van der Waals surface area contributed by atoms with Gasteiger partial charge in [-0.2, -0.15) is 0 Å². The van der Waals surface area contributed by atoms with Crippen molar-refractivity contribution in [3.8, 4) is 0 Å². The summed E-state index contributed by atoms with van der Waals surface area (Å²) in [7, 11) is 0. The van der Waals surface area contributed by atoms with E-state index in [4.69, 9.17) is 0 Å². The number of fused-ring (bicyclic) bond motifs is 3. The normalized spacial score (nSPS) is 13.4. The minimum absolute atomic E-state index is 0.0186. The van der Waals surface area contributed by atoms with Crippen LogP contribution in [0.25, 0.3) is 16.6 Å². The number of benzene rings is 2. The zero-order valence-electron chi connectivity index (χ0n) is 12.3. The number of carbonyl (C=O) groups excluding carboxylic acids is 1. The predicted molar refractivity (Wildman–Crippen MR) is 84.3 cm³/mol. The molecule has 5 nitrogen and oxygen atoms in total. The lowest BCUT2D eigenvalue weighted by Gasteiger charge is -2.07. The Kier molecular flexibility index (Phi) is 3.09. The van der Waals surface area contributed by atoms with Gasteiger partial charge in [0, 0.05) is 6.07 Å². The number of rotatable bonds is 2. The Morgan fingerprint density at radius 1 is 1.21 bits per heavy atom. The summed E-state index contributed by atoms with van der Waals surface area (Å²) in [5.41, 5.74) is 1.29. The second-order valence-electron chi connectivity index (χ2n) is 5.41. The highest BCUT2D eigenvalue weighted by atomic mass is 19.1. The molecule has 0 bridgehead atoms. The van der Waals surface area contributed by atoms with Crippen LogP contribution in [-0.2, 0) is 11.3 Å². The fourth-order valence-corrected chi connectivity index (χ4v) is 2.79. The zero-order chi connectivity index (χ0) is 16.8. The molecule has 0 aliphatic carbocycles. The number of imidazole rings is 1. The molecule has 0 saturated heterocycles. The molecular formula is C17H11F2N3O2. The summed E-state index contributed by atoms with van der Waals surface area (Å²) in [5, 5.41) is 12.5. The number of para-hydroxylation sites is 2. The summed E-state index contributed by atoms with van der Waals surface area (Å²) in [6.45, 7) is 0.116. The summed E-state index contributed by atoms with van der Waals surface area (Å²) < 4.78 is 28.4. The number of aromatic nitrogens is 2. The molecule has 0 atom stereocenters. The van der Waals surface area contributed by atoms with E-state index in [1.54, 1.807) is 10.6 Å². The summed E-state index contributed by atoms with van der Waals surface area (Å²) in [6.07, 6.45) is 0. The number of aliphatic hydroxyl groups is 1. The molecule has 0 spiro atoms. The largest absolute Gasteiger partial charge is 0.509 e. The number of aliphatic hydroxyl groups excluding tert-OH is 1. The lowest BCUT2D eigenvalue weighted by atomic mass is 10.2. The van der Waals surface area contributed by atoms with Crippen LogP contribution >= 0.6 is 0 Å². The van der Waals surface area contributed by atoms with E-state index in [9.17, 15) is 18.7 Å². The van der Waals surface area contributed by atoms with E-state index in [1.807, 2.05) is 18.2 Å². The topological polar surface area (TPSA) is 67.2 Å². The molecule has 1 aromatic heterocycles. The van der Waals surface area contributed by atoms with Crippen molar-refractivity contribution in [1.82, 2.24) is 9.55 Å². The highest BCUT2D eigenvalue weighted by Gasteiger charge is 2.30. The lowest BCUT2D eigenvalue weighted by molar-refractivity contribution is -0.111. The number of anilines is 1. The molecule has 7 heteroatoms. The number of carbonyl (C=O) groups is 1. The van der Waals surface area contributed by atoms with Crippen molar-refractivity contribution in [1.29, 1.82) is 0 Å². The molecule has 2 heterocycles. The second kappa shape index (κ2) is 5.16. The molecule has 3 aromatic rings. The molecule has 120 valence electrons. The first-order valence-corrected chi connectivity index (χ1v) is 7.19. The van der Waals surface area contributed by atoms with E-state index in [2.05, 4.69) is 10.3 Å². The van der Waals surface area contributed by atoms with Crippen molar-refractivity contribution in [2.24, 2.45) is 0 Å². The van der Waals surface area contributed by atoms with Crippen LogP contribution in [0.4, 0.5) is 14.5 Å². The predicted octanol–water partition coefficient (Wildman–Crippen LogP) is 3.24. The number of nitrogens with zero attached hydrogens (tertiary/aromatic N) is 2. The molecule has 1 aliphatic heterocycles. The van der Waals surface area contributed by atoms with Crippen LogP contribution in [0, 0.1) is 11.6 Å². The van der Waals surface area contributed by atoms with Crippen molar-refractivity contribution in [2.45, 2.75) is 6.54 Å². The SMILES string of the molecule is O=C(Nc1ccc(F)cc1F)C1=C(O)Cn2c1nc1ccccc12. The van der Waals surface area contributed by atoms with E-state index >= 15 is 0 Å². The quantitative estimate of drug-likeness (QED) is 0.759. The molecular weight excluding hydrogens is 316 g/mol. The molecule has 24 heavy (non-hydrogen) atoms. The Morgan fingerprint density at radius 3 is 2.79 bits per heavy atom. The van der Waals surface area contributed by atoms with E-state index < -0.39 is 17.5 Å². The highest BCUT2D eigenvalue weighted by Crippen LogP contribution is 2.31. The molecule has 1 amide bonds. The van der Waals surface area contributed by atoms with Crippen molar-refractivity contribution in [2.75, 3.05) is 5.32 Å². The maximum atomic E-state index is 13.7. The Labute approximate surface area is 134 Å². The van der Waals surface area contributed by atoms with E-state index in [0.717, 1.165) is 17.6 Å². The van der Waals surface area contributed by atoms with Gasteiger partial charge in [-0.25, -0.2) is 13.8 Å². The number of hydrogen-bond acceptors (Lipinski definition) is 3. The molecule has 0 fully saturated rings. The molecule has 1 aliphatic rings. The minimum atomic E-state index is -0.894. The average Bonchev–Trinajstić information content (AvgIpc) is 3.04. The second-order valence-corrected chi connectivity index (χ2v) is 5.41. The van der Waals surface area contributed by atoms with Gasteiger partial charge in [-0.3, -0.25) is 4.79 Å². The number of halogens is 2. The minimum Gasteiger partial charge on any atom is -0.509 e. The van der Waals surface area contributed by atoms with Gasteiger partial charge in [0.2, 0.25) is 0 Å². The Balaban J connectivity index is 1.72. The molecule has 2 aromatic carbocycles. The van der Waals surface area contributed by atoms with Gasteiger partial charge in [-0.1, -0.05) is 12.1 Å². The first kappa shape index (κ1) is 14.4. The highest BCUT2D eigenvalue weighted by molar-refractivity contribution is 6.26. The first-order valence-electron chi connectivity index (χ1n) is 7.19. The van der Waals surface area contributed by atoms with Gasteiger partial charge in [0.1, 0.15) is 23.0 Å². The van der Waals surface area contributed by atoms with Gasteiger partial charge in [0.05, 0.1) is 23.3 Å². The number of hydrogen-bond donors (Lipinski definition) is 2. The number of nitrogens with one attached hydrogen (secondary N) is 1. The third kappa shape index (κ3) is 2.13. The third-order valence-corrected chi connectivity index (χ3v) is 3.88. The van der Waals surface area contributed by atoms with Gasteiger partial charge >= 0.3 is 0 Å². The average molecular weight is 327 g/mol. The number of allylic oxidation sites excluding steroid dienone is 1. The lowest BCUT2D eigenvalue weighted by Crippen LogP contribution is -2.15. The maximum absolute atomic E-state index is 13.7. The van der Waals surface area contributed by atoms with Crippen molar-refractivity contribution in [3.05, 3.63) is 65.7 Å². The Hall–Kier alpha value is -3.22. The Bertz CT molecular complexity index is 1020. The van der Waals surface area contributed by atoms with E-state index in [1.165, 1.54) is 0 Å².